The zero-order chi connectivity index (χ0) is 11.5. The highest BCUT2D eigenvalue weighted by Crippen LogP contribution is 2.39. The van der Waals surface area contributed by atoms with Crippen molar-refractivity contribution in [3.63, 3.8) is 0 Å². The normalized spacial score (nSPS) is 19.2. The molecule has 1 N–H and O–H groups in total. The fourth-order valence-corrected chi connectivity index (χ4v) is 4.35. The first-order valence-electron chi connectivity index (χ1n) is 5.82. The van der Waals surface area contributed by atoms with Gasteiger partial charge in [-0.05, 0) is 41.4 Å². The number of halogens is 2. The van der Waals surface area contributed by atoms with Crippen LogP contribution in [0.5, 0.6) is 0 Å². The topological polar surface area (TPSA) is 12.0 Å². The summed E-state index contributed by atoms with van der Waals surface area (Å²) in [5.41, 5.74) is 0. The molecule has 90 valence electrons. The molecule has 1 nitrogen and oxygen atoms in total. The van der Waals surface area contributed by atoms with Crippen LogP contribution in [0.4, 0.5) is 0 Å². The van der Waals surface area contributed by atoms with Gasteiger partial charge in [0.1, 0.15) is 4.34 Å². The van der Waals surface area contributed by atoms with Gasteiger partial charge < -0.3 is 5.32 Å². The monoisotopic (exact) mass is 321 g/mol. The van der Waals surface area contributed by atoms with Crippen molar-refractivity contribution in [2.75, 3.05) is 7.05 Å². The fourth-order valence-electron chi connectivity index (χ4n) is 2.49. The quantitative estimate of drug-likeness (QED) is 0.822. The molecule has 0 aromatic carbocycles. The lowest BCUT2D eigenvalue weighted by molar-refractivity contribution is 0.417. The Balaban J connectivity index is 2.03. The molecule has 1 aliphatic rings. The van der Waals surface area contributed by atoms with E-state index in [-0.39, 0.29) is 0 Å². The van der Waals surface area contributed by atoms with E-state index in [2.05, 4.69) is 27.3 Å². The molecule has 1 unspecified atom stereocenters. The van der Waals surface area contributed by atoms with Gasteiger partial charge in [0.15, 0.2) is 0 Å². The Morgan fingerprint density at radius 3 is 2.75 bits per heavy atom. The predicted molar refractivity (Wildman–Crippen MR) is 75.4 cm³/mol. The molecule has 1 atom stereocenters. The van der Waals surface area contributed by atoms with E-state index < -0.39 is 0 Å². The largest absolute Gasteiger partial charge is 0.312 e. The van der Waals surface area contributed by atoms with E-state index in [4.69, 9.17) is 11.6 Å². The Hall–Kier alpha value is 0.430. The Kier molecular flexibility index (Phi) is 4.71. The molecule has 1 saturated carbocycles. The third-order valence-corrected chi connectivity index (χ3v) is 5.99. The van der Waals surface area contributed by atoms with Crippen molar-refractivity contribution in [1.82, 2.24) is 5.32 Å². The first kappa shape index (κ1) is 12.9. The van der Waals surface area contributed by atoms with Gasteiger partial charge in [-0.2, -0.15) is 0 Å². The van der Waals surface area contributed by atoms with Gasteiger partial charge in [-0.25, -0.2) is 0 Å². The maximum absolute atomic E-state index is 6.09. The second-order valence-corrected chi connectivity index (χ2v) is 7.04. The minimum atomic E-state index is 0.469. The highest BCUT2D eigenvalue weighted by molar-refractivity contribution is 9.10. The van der Waals surface area contributed by atoms with E-state index in [1.165, 1.54) is 37.0 Å². The predicted octanol–water partition coefficient (Wildman–Crippen LogP) is 5.00. The van der Waals surface area contributed by atoms with Crippen molar-refractivity contribution in [3.8, 4) is 0 Å². The zero-order valence-electron chi connectivity index (χ0n) is 9.43. The van der Waals surface area contributed by atoms with E-state index in [1.54, 1.807) is 11.3 Å². The Labute approximate surface area is 115 Å². The summed E-state index contributed by atoms with van der Waals surface area (Å²) < 4.78 is 1.89. The number of rotatable bonds is 4. The zero-order valence-corrected chi connectivity index (χ0v) is 12.6. The molecule has 4 heteroatoms. The Morgan fingerprint density at radius 2 is 2.25 bits per heavy atom. The minimum absolute atomic E-state index is 0.469. The van der Waals surface area contributed by atoms with Crippen molar-refractivity contribution in [1.29, 1.82) is 0 Å². The van der Waals surface area contributed by atoms with Gasteiger partial charge in [0, 0.05) is 15.4 Å². The third-order valence-electron chi connectivity index (χ3n) is 3.40. The molecule has 2 rings (SSSR count). The summed E-state index contributed by atoms with van der Waals surface area (Å²) in [4.78, 5) is 1.35. The van der Waals surface area contributed by atoms with E-state index in [0.717, 1.165) is 14.7 Å². The molecule has 0 aliphatic heterocycles. The average Bonchev–Trinajstić information content (AvgIpc) is 2.86. The Bertz CT molecular complexity index is 327. The van der Waals surface area contributed by atoms with Crippen LogP contribution in [-0.2, 0) is 0 Å². The van der Waals surface area contributed by atoms with Gasteiger partial charge in [-0.3, -0.25) is 0 Å². The van der Waals surface area contributed by atoms with Crippen LogP contribution in [0.25, 0.3) is 0 Å². The summed E-state index contributed by atoms with van der Waals surface area (Å²) in [7, 11) is 2.04. The van der Waals surface area contributed by atoms with Crippen LogP contribution in [-0.4, -0.2) is 7.05 Å². The van der Waals surface area contributed by atoms with Crippen molar-refractivity contribution in [3.05, 3.63) is 19.8 Å². The van der Waals surface area contributed by atoms with Gasteiger partial charge in [0.25, 0.3) is 0 Å². The summed E-state index contributed by atoms with van der Waals surface area (Å²) in [5.74, 6) is 0.900. The van der Waals surface area contributed by atoms with Gasteiger partial charge in [-0.1, -0.05) is 37.3 Å². The summed E-state index contributed by atoms with van der Waals surface area (Å²) in [6, 6.07) is 2.63. The SMILES string of the molecule is CNC(CC1CCCC1)c1cc(Br)c(Cl)s1. The first-order chi connectivity index (χ1) is 7.70. The molecule has 1 heterocycles. The molecule has 0 amide bonds. The highest BCUT2D eigenvalue weighted by atomic mass is 79.9. The van der Waals surface area contributed by atoms with Crippen molar-refractivity contribution in [2.24, 2.45) is 5.92 Å². The molecule has 1 aromatic heterocycles. The smallest absolute Gasteiger partial charge is 0.107 e. The third kappa shape index (κ3) is 3.00. The summed E-state index contributed by atoms with van der Waals surface area (Å²) in [5, 5.41) is 3.42. The first-order valence-corrected chi connectivity index (χ1v) is 7.81. The number of nitrogens with one attached hydrogen (secondary N) is 1. The van der Waals surface area contributed by atoms with E-state index in [9.17, 15) is 0 Å². The standard InChI is InChI=1S/C12H17BrClNS/c1-15-10(6-8-4-2-3-5-8)11-7-9(13)12(14)16-11/h7-8,10,15H,2-6H2,1H3. The molecule has 0 bridgehead atoms. The molecule has 1 aromatic rings. The van der Waals surface area contributed by atoms with Crippen LogP contribution in [0.3, 0.4) is 0 Å². The summed E-state index contributed by atoms with van der Waals surface area (Å²) in [6.07, 6.45) is 6.88. The Morgan fingerprint density at radius 1 is 1.56 bits per heavy atom. The van der Waals surface area contributed by atoms with Crippen LogP contribution >= 0.6 is 38.9 Å². The molecule has 0 saturated heterocycles. The molecule has 1 fully saturated rings. The highest BCUT2D eigenvalue weighted by Gasteiger charge is 2.22. The molecular weight excluding hydrogens is 306 g/mol. The van der Waals surface area contributed by atoms with Crippen molar-refractivity contribution in [2.45, 2.75) is 38.1 Å². The second kappa shape index (κ2) is 5.85. The minimum Gasteiger partial charge on any atom is -0.312 e. The van der Waals surface area contributed by atoms with Gasteiger partial charge in [-0.15, -0.1) is 11.3 Å². The van der Waals surface area contributed by atoms with Crippen LogP contribution in [0.1, 0.15) is 43.0 Å². The molecule has 0 spiro atoms. The van der Waals surface area contributed by atoms with Gasteiger partial charge >= 0.3 is 0 Å². The summed E-state index contributed by atoms with van der Waals surface area (Å²) in [6.45, 7) is 0. The lowest BCUT2D eigenvalue weighted by atomic mass is 9.97. The van der Waals surface area contributed by atoms with E-state index >= 15 is 0 Å². The number of thiophene rings is 1. The number of hydrogen-bond donors (Lipinski definition) is 1. The molecule has 0 radical (unpaired) electrons. The molecule has 1 aliphatic carbocycles. The summed E-state index contributed by atoms with van der Waals surface area (Å²) >= 11 is 11.3. The lowest BCUT2D eigenvalue weighted by Crippen LogP contribution is -2.18. The maximum Gasteiger partial charge on any atom is 0.107 e. The van der Waals surface area contributed by atoms with Gasteiger partial charge in [0.2, 0.25) is 0 Å². The lowest BCUT2D eigenvalue weighted by Gasteiger charge is -2.18. The van der Waals surface area contributed by atoms with Crippen LogP contribution < -0.4 is 5.32 Å². The van der Waals surface area contributed by atoms with Crippen molar-refractivity contribution >= 4 is 38.9 Å². The van der Waals surface area contributed by atoms with E-state index in [1.807, 2.05) is 7.05 Å². The van der Waals surface area contributed by atoms with Crippen LogP contribution in [0.15, 0.2) is 10.5 Å². The van der Waals surface area contributed by atoms with Gasteiger partial charge in [0.05, 0.1) is 0 Å². The second-order valence-electron chi connectivity index (χ2n) is 4.50. The van der Waals surface area contributed by atoms with Crippen LogP contribution in [0, 0.1) is 5.92 Å². The number of hydrogen-bond acceptors (Lipinski definition) is 2. The molecular formula is C12H17BrClNS. The van der Waals surface area contributed by atoms with Crippen molar-refractivity contribution < 1.29 is 0 Å². The van der Waals surface area contributed by atoms with Crippen LogP contribution in [0.2, 0.25) is 4.34 Å². The van der Waals surface area contributed by atoms with E-state index in [0.29, 0.717) is 6.04 Å². The average molecular weight is 323 g/mol. The molecule has 16 heavy (non-hydrogen) atoms. The fraction of sp³-hybridized carbons (Fsp3) is 0.667. The maximum atomic E-state index is 6.09.